The summed E-state index contributed by atoms with van der Waals surface area (Å²) in [5.74, 6) is 0.803. The van der Waals surface area contributed by atoms with Crippen molar-refractivity contribution in [3.05, 3.63) is 91.4 Å². The van der Waals surface area contributed by atoms with Gasteiger partial charge in [0.1, 0.15) is 11.6 Å². The summed E-state index contributed by atoms with van der Waals surface area (Å²) in [7, 11) is 0. The molecule has 1 unspecified atom stereocenters. The highest BCUT2D eigenvalue weighted by Crippen LogP contribution is 2.30. The number of carboxylic acids is 1. The largest absolute Gasteiger partial charge is 0.494 e. The molecule has 0 fully saturated rings. The van der Waals surface area contributed by atoms with Gasteiger partial charge in [-0.15, -0.1) is 28.4 Å². The van der Waals surface area contributed by atoms with Gasteiger partial charge >= 0.3 is 5.97 Å². The zero-order chi connectivity index (χ0) is 32.2. The quantitative estimate of drug-likeness (QED) is 0.0664. The second kappa shape index (κ2) is 28.1. The second-order valence-corrected chi connectivity index (χ2v) is 9.72. The number of rotatable bonds is 16. The Kier molecular flexibility index (Phi) is 27.5. The Hall–Kier alpha value is -3.03. The van der Waals surface area contributed by atoms with Crippen molar-refractivity contribution in [1.29, 1.82) is 0 Å². The van der Waals surface area contributed by atoms with Gasteiger partial charge in [-0.3, -0.25) is 9.36 Å². The molecule has 1 aromatic heterocycles. The summed E-state index contributed by atoms with van der Waals surface area (Å²) in [6.45, 7) is 19.7. The van der Waals surface area contributed by atoms with Crippen LogP contribution in [0.5, 0.6) is 5.75 Å². The highest BCUT2D eigenvalue weighted by Gasteiger charge is 2.18. The van der Waals surface area contributed by atoms with Gasteiger partial charge in [0, 0.05) is 30.5 Å². The lowest BCUT2D eigenvalue weighted by atomic mass is 10.2. The molecule has 0 aliphatic heterocycles. The standard InChI is InChI=1S/C28H37N3O3S.C3H6.C2H6.CH3Cl/c1-5-8-17-25(18-9-14-22(4)12-6-2)35-28-30-29-26(13-7-3)31(28)23-15-10-16-24(21-23)34-20-11-19-27(32)33;1-3-2;2*1-2/h6,8-10,12,14-17,21,25H,2,5,7,11,13,18-20H2,1,3-4H3,(H,32,33);3H,1H2,2H3;1-2H3;1H3/b14-9-,17-8+,22-12-;;;. The molecule has 0 saturated heterocycles. The van der Waals surface area contributed by atoms with Gasteiger partial charge in [-0.2, -0.15) is 0 Å². The molecule has 0 spiro atoms. The topological polar surface area (TPSA) is 77.2 Å². The molecule has 42 heavy (non-hydrogen) atoms. The summed E-state index contributed by atoms with van der Waals surface area (Å²) in [5.41, 5.74) is 2.10. The third-order valence-electron chi connectivity index (χ3n) is 5.03. The molecule has 1 heterocycles. The van der Waals surface area contributed by atoms with Crippen molar-refractivity contribution in [3.63, 3.8) is 0 Å². The lowest BCUT2D eigenvalue weighted by Crippen LogP contribution is -2.06. The van der Waals surface area contributed by atoms with E-state index in [1.807, 2.05) is 51.1 Å². The van der Waals surface area contributed by atoms with Gasteiger partial charge in [0.15, 0.2) is 5.16 Å². The first-order valence-electron chi connectivity index (χ1n) is 14.5. The van der Waals surface area contributed by atoms with Crippen LogP contribution >= 0.6 is 23.4 Å². The maximum absolute atomic E-state index is 10.7. The molecule has 2 rings (SSSR count). The van der Waals surface area contributed by atoms with E-state index in [0.29, 0.717) is 18.8 Å². The van der Waals surface area contributed by atoms with Crippen molar-refractivity contribution < 1.29 is 14.6 Å². The molecule has 6 nitrogen and oxygen atoms in total. The Balaban J connectivity index is 0. The average molecular weight is 618 g/mol. The summed E-state index contributed by atoms with van der Waals surface area (Å²) < 4.78 is 7.92. The third kappa shape index (κ3) is 18.4. The van der Waals surface area contributed by atoms with E-state index in [1.54, 1.807) is 23.9 Å². The summed E-state index contributed by atoms with van der Waals surface area (Å²) in [4.78, 5) is 10.7. The van der Waals surface area contributed by atoms with E-state index < -0.39 is 5.97 Å². The molecule has 0 aliphatic rings. The Morgan fingerprint density at radius 2 is 1.88 bits per heavy atom. The number of allylic oxidation sites excluding steroid dienone is 7. The molecule has 0 aliphatic carbocycles. The summed E-state index contributed by atoms with van der Waals surface area (Å²) in [6, 6.07) is 7.82. The van der Waals surface area contributed by atoms with Crippen LogP contribution in [0.4, 0.5) is 0 Å². The molecule has 1 N–H and O–H groups in total. The molecule has 0 saturated carbocycles. The van der Waals surface area contributed by atoms with Crippen molar-refractivity contribution in [3.8, 4) is 11.4 Å². The van der Waals surface area contributed by atoms with Crippen molar-refractivity contribution in [2.75, 3.05) is 13.0 Å². The van der Waals surface area contributed by atoms with Gasteiger partial charge in [-0.05, 0) is 51.7 Å². The van der Waals surface area contributed by atoms with E-state index in [4.69, 9.17) is 9.84 Å². The van der Waals surface area contributed by atoms with Crippen LogP contribution in [-0.4, -0.2) is 44.1 Å². The molecule has 1 aromatic carbocycles. The summed E-state index contributed by atoms with van der Waals surface area (Å²) in [6.07, 6.45) is 19.9. The monoisotopic (exact) mass is 617 g/mol. The number of carboxylic acid groups (broad SMARTS) is 1. The average Bonchev–Trinajstić information content (AvgIpc) is 3.38. The SMILES string of the molecule is C=C/C=C(C)\C=C/CC(/C=C/CC)Sc1nnc(CCC)n1-c1cccc(OCCCC(=O)O)c1.C=CC.CC.CCl. The van der Waals surface area contributed by atoms with Crippen molar-refractivity contribution >= 4 is 29.3 Å². The van der Waals surface area contributed by atoms with Crippen LogP contribution in [0, 0.1) is 0 Å². The van der Waals surface area contributed by atoms with Crippen LogP contribution in [0.1, 0.15) is 79.5 Å². The number of ether oxygens (including phenoxy) is 1. The number of aliphatic carboxylic acids is 1. The normalized spacial score (nSPS) is 11.4. The van der Waals surface area contributed by atoms with Crippen LogP contribution in [0.15, 0.2) is 90.7 Å². The number of thioether (sulfide) groups is 1. The third-order valence-corrected chi connectivity index (χ3v) is 6.15. The molecular weight excluding hydrogens is 566 g/mol. The minimum Gasteiger partial charge on any atom is -0.494 e. The van der Waals surface area contributed by atoms with Crippen LogP contribution in [0.2, 0.25) is 0 Å². The number of alkyl halides is 1. The molecule has 1 atom stereocenters. The number of halogens is 1. The summed E-state index contributed by atoms with van der Waals surface area (Å²) >= 11 is 6.34. The predicted molar refractivity (Wildman–Crippen MR) is 184 cm³/mol. The molecule has 234 valence electrons. The maximum atomic E-state index is 10.7. The highest BCUT2D eigenvalue weighted by atomic mass is 35.5. The van der Waals surface area contributed by atoms with E-state index in [0.717, 1.165) is 47.9 Å². The lowest BCUT2D eigenvalue weighted by Gasteiger charge is -2.14. The van der Waals surface area contributed by atoms with Gasteiger partial charge < -0.3 is 9.84 Å². The number of carbonyl (C=O) groups is 1. The Morgan fingerprint density at radius 1 is 1.19 bits per heavy atom. The maximum Gasteiger partial charge on any atom is 0.303 e. The first-order chi connectivity index (χ1) is 20.4. The van der Waals surface area contributed by atoms with Gasteiger partial charge in [0.05, 0.1) is 12.3 Å². The van der Waals surface area contributed by atoms with Crippen molar-refractivity contribution in [1.82, 2.24) is 14.8 Å². The van der Waals surface area contributed by atoms with Crippen LogP contribution in [0.3, 0.4) is 0 Å². The summed E-state index contributed by atoms with van der Waals surface area (Å²) in [5, 5.41) is 18.9. The van der Waals surface area contributed by atoms with Crippen molar-refractivity contribution in [2.45, 2.75) is 90.5 Å². The second-order valence-electron chi connectivity index (χ2n) is 8.51. The minimum atomic E-state index is -0.814. The molecule has 2 aromatic rings. The molecule has 0 amide bonds. The molecule has 8 heteroatoms. The smallest absolute Gasteiger partial charge is 0.303 e. The van der Waals surface area contributed by atoms with Crippen LogP contribution < -0.4 is 4.74 Å². The number of hydrogen-bond acceptors (Lipinski definition) is 5. The van der Waals surface area contributed by atoms with E-state index >= 15 is 0 Å². The number of nitrogens with zero attached hydrogens (tertiary/aromatic N) is 3. The molecular formula is C34H52ClN3O3S. The zero-order valence-corrected chi connectivity index (χ0v) is 28.3. The van der Waals surface area contributed by atoms with Crippen LogP contribution in [-0.2, 0) is 11.2 Å². The first-order valence-corrected chi connectivity index (χ1v) is 16.2. The highest BCUT2D eigenvalue weighted by molar-refractivity contribution is 7.99. The fraction of sp³-hybridized carbons (Fsp3) is 0.441. The van der Waals surface area contributed by atoms with E-state index in [1.165, 1.54) is 6.38 Å². The fourth-order valence-corrected chi connectivity index (χ4v) is 4.44. The van der Waals surface area contributed by atoms with Gasteiger partial charge in [0.25, 0.3) is 0 Å². The zero-order valence-electron chi connectivity index (χ0n) is 26.7. The Labute approximate surface area is 264 Å². The number of hydrogen-bond donors (Lipinski definition) is 1. The fourth-order valence-electron chi connectivity index (χ4n) is 3.37. The lowest BCUT2D eigenvalue weighted by molar-refractivity contribution is -0.137. The Bertz CT molecular complexity index is 1090. The molecule has 0 radical (unpaired) electrons. The minimum absolute atomic E-state index is 0.0938. The van der Waals surface area contributed by atoms with Crippen LogP contribution in [0.25, 0.3) is 5.69 Å². The molecule has 0 bridgehead atoms. The van der Waals surface area contributed by atoms with Gasteiger partial charge in [0.2, 0.25) is 0 Å². The van der Waals surface area contributed by atoms with Gasteiger partial charge in [-0.25, -0.2) is 0 Å². The van der Waals surface area contributed by atoms with Crippen molar-refractivity contribution in [2.24, 2.45) is 0 Å². The van der Waals surface area contributed by atoms with E-state index in [9.17, 15) is 4.79 Å². The number of benzene rings is 1. The first kappa shape index (κ1) is 41.1. The van der Waals surface area contributed by atoms with E-state index in [-0.39, 0.29) is 11.7 Å². The predicted octanol–water partition coefficient (Wildman–Crippen LogP) is 10.0. The van der Waals surface area contributed by atoms with Gasteiger partial charge in [-0.1, -0.05) is 100 Å². The number of aryl methyl sites for hydroxylation is 1. The number of aromatic nitrogens is 3. The van der Waals surface area contributed by atoms with E-state index in [2.05, 4.69) is 84.6 Å². The Morgan fingerprint density at radius 3 is 2.48 bits per heavy atom.